The van der Waals surface area contributed by atoms with E-state index in [1.807, 2.05) is 6.92 Å². The first-order valence-corrected chi connectivity index (χ1v) is 9.72. The SMILES string of the molecule is CCS(=O)(=O)C1CSCCN1C1(CN)CCOC1C. The molecule has 0 aromatic heterocycles. The Hall–Kier alpha value is 0.180. The Labute approximate surface area is 120 Å². The molecule has 2 saturated heterocycles. The summed E-state index contributed by atoms with van der Waals surface area (Å²) in [5, 5.41) is -0.413. The maximum Gasteiger partial charge on any atom is 0.166 e. The van der Waals surface area contributed by atoms with Crippen molar-refractivity contribution in [2.24, 2.45) is 5.73 Å². The van der Waals surface area contributed by atoms with Crippen molar-refractivity contribution < 1.29 is 13.2 Å². The summed E-state index contributed by atoms with van der Waals surface area (Å²) in [6.45, 7) is 5.63. The molecule has 0 saturated carbocycles. The Bertz CT molecular complexity index is 415. The first-order chi connectivity index (χ1) is 8.98. The molecule has 2 rings (SSSR count). The second kappa shape index (κ2) is 5.89. The summed E-state index contributed by atoms with van der Waals surface area (Å²) >= 11 is 1.72. The van der Waals surface area contributed by atoms with E-state index < -0.39 is 15.2 Å². The van der Waals surface area contributed by atoms with E-state index in [0.717, 1.165) is 18.7 Å². The zero-order valence-corrected chi connectivity index (χ0v) is 13.3. The molecule has 2 N–H and O–H groups in total. The van der Waals surface area contributed by atoms with Gasteiger partial charge in [-0.3, -0.25) is 4.90 Å². The molecule has 7 heteroatoms. The molecular formula is C12H24N2O3S2. The zero-order chi connectivity index (χ0) is 14.1. The molecule has 2 fully saturated rings. The second-order valence-electron chi connectivity index (χ2n) is 5.25. The average molecular weight is 308 g/mol. The molecule has 0 amide bonds. The van der Waals surface area contributed by atoms with Crippen molar-refractivity contribution in [3.8, 4) is 0 Å². The minimum Gasteiger partial charge on any atom is -0.376 e. The van der Waals surface area contributed by atoms with Crippen molar-refractivity contribution in [3.05, 3.63) is 0 Å². The zero-order valence-electron chi connectivity index (χ0n) is 11.7. The van der Waals surface area contributed by atoms with Gasteiger partial charge in [0.15, 0.2) is 9.84 Å². The molecule has 5 nitrogen and oxygen atoms in total. The Morgan fingerprint density at radius 2 is 2.26 bits per heavy atom. The van der Waals surface area contributed by atoms with E-state index in [2.05, 4.69) is 4.90 Å². The van der Waals surface area contributed by atoms with Crippen LogP contribution in [0.3, 0.4) is 0 Å². The van der Waals surface area contributed by atoms with Crippen LogP contribution in [0.25, 0.3) is 0 Å². The topological polar surface area (TPSA) is 72.6 Å². The van der Waals surface area contributed by atoms with Crippen molar-refractivity contribution in [2.75, 3.05) is 37.0 Å². The van der Waals surface area contributed by atoms with E-state index in [-0.39, 0.29) is 17.4 Å². The fourth-order valence-electron chi connectivity index (χ4n) is 3.11. The van der Waals surface area contributed by atoms with Gasteiger partial charge < -0.3 is 10.5 Å². The molecule has 3 atom stereocenters. The molecule has 3 unspecified atom stereocenters. The minimum absolute atomic E-state index is 0.00449. The van der Waals surface area contributed by atoms with Gasteiger partial charge in [-0.25, -0.2) is 8.42 Å². The highest BCUT2D eigenvalue weighted by Gasteiger charge is 2.50. The number of nitrogens with two attached hydrogens (primary N) is 1. The lowest BCUT2D eigenvalue weighted by molar-refractivity contribution is 0.0118. The summed E-state index contributed by atoms with van der Waals surface area (Å²) in [6.07, 6.45) is 0.820. The van der Waals surface area contributed by atoms with Gasteiger partial charge >= 0.3 is 0 Å². The van der Waals surface area contributed by atoms with Crippen LogP contribution in [0, 0.1) is 0 Å². The van der Waals surface area contributed by atoms with Crippen molar-refractivity contribution in [2.45, 2.75) is 37.3 Å². The summed E-state index contributed by atoms with van der Waals surface area (Å²) in [6, 6.07) is 0. The molecule has 2 heterocycles. The Morgan fingerprint density at radius 3 is 2.79 bits per heavy atom. The lowest BCUT2D eigenvalue weighted by Crippen LogP contribution is -2.65. The van der Waals surface area contributed by atoms with Gasteiger partial charge in [0.05, 0.1) is 11.6 Å². The van der Waals surface area contributed by atoms with Crippen LogP contribution >= 0.6 is 11.8 Å². The van der Waals surface area contributed by atoms with E-state index in [1.165, 1.54) is 0 Å². The molecular weight excluding hydrogens is 284 g/mol. The van der Waals surface area contributed by atoms with Crippen LogP contribution in [-0.4, -0.2) is 67.3 Å². The van der Waals surface area contributed by atoms with Gasteiger partial charge in [0.2, 0.25) is 0 Å². The fraction of sp³-hybridized carbons (Fsp3) is 1.00. The first kappa shape index (κ1) is 15.6. The number of nitrogens with zero attached hydrogens (tertiary/aromatic N) is 1. The molecule has 112 valence electrons. The van der Waals surface area contributed by atoms with E-state index in [4.69, 9.17) is 10.5 Å². The summed E-state index contributed by atoms with van der Waals surface area (Å²) < 4.78 is 30.4. The van der Waals surface area contributed by atoms with E-state index in [9.17, 15) is 8.42 Å². The van der Waals surface area contributed by atoms with Crippen molar-refractivity contribution in [1.82, 2.24) is 4.90 Å². The van der Waals surface area contributed by atoms with Crippen LogP contribution in [-0.2, 0) is 14.6 Å². The van der Waals surface area contributed by atoms with Gasteiger partial charge in [0, 0.05) is 37.0 Å². The standard InChI is InChI=1S/C12H24N2O3S2/c1-3-19(15,16)11-8-18-7-5-14(11)12(9-13)4-6-17-10(12)2/h10-11H,3-9,13H2,1-2H3. The number of thioether (sulfide) groups is 1. The minimum atomic E-state index is -3.09. The summed E-state index contributed by atoms with van der Waals surface area (Å²) in [5.41, 5.74) is 5.70. The molecule has 0 spiro atoms. The largest absolute Gasteiger partial charge is 0.376 e. The van der Waals surface area contributed by atoms with Gasteiger partial charge in [-0.15, -0.1) is 0 Å². The van der Waals surface area contributed by atoms with Gasteiger partial charge in [0.1, 0.15) is 5.37 Å². The Balaban J connectivity index is 2.34. The van der Waals surface area contributed by atoms with E-state index >= 15 is 0 Å². The number of rotatable bonds is 4. The Morgan fingerprint density at radius 1 is 1.53 bits per heavy atom. The predicted octanol–water partition coefficient (Wildman–Crippen LogP) is 0.302. The van der Waals surface area contributed by atoms with Crippen LogP contribution in [0.15, 0.2) is 0 Å². The smallest absolute Gasteiger partial charge is 0.166 e. The number of sulfone groups is 1. The molecule has 0 aromatic rings. The molecule has 0 radical (unpaired) electrons. The van der Waals surface area contributed by atoms with Crippen LogP contribution in [0.5, 0.6) is 0 Å². The van der Waals surface area contributed by atoms with Crippen LogP contribution in [0.2, 0.25) is 0 Å². The van der Waals surface area contributed by atoms with Crippen molar-refractivity contribution >= 4 is 21.6 Å². The van der Waals surface area contributed by atoms with Gasteiger partial charge in [-0.05, 0) is 13.3 Å². The van der Waals surface area contributed by atoms with E-state index in [1.54, 1.807) is 18.7 Å². The third kappa shape index (κ3) is 2.68. The van der Waals surface area contributed by atoms with Crippen molar-refractivity contribution in [3.63, 3.8) is 0 Å². The summed E-state index contributed by atoms with van der Waals surface area (Å²) in [5.74, 6) is 1.79. The molecule has 2 aliphatic rings. The average Bonchev–Trinajstić information content (AvgIpc) is 2.81. The maximum atomic E-state index is 12.3. The quantitative estimate of drug-likeness (QED) is 0.805. The number of ether oxygens (including phenoxy) is 1. The second-order valence-corrected chi connectivity index (χ2v) is 8.84. The van der Waals surface area contributed by atoms with E-state index in [0.29, 0.717) is 18.9 Å². The number of hydrogen-bond donors (Lipinski definition) is 1. The lowest BCUT2D eigenvalue weighted by Gasteiger charge is -2.48. The third-order valence-electron chi connectivity index (χ3n) is 4.49. The van der Waals surface area contributed by atoms with Crippen LogP contribution in [0.4, 0.5) is 0 Å². The number of hydrogen-bond acceptors (Lipinski definition) is 6. The van der Waals surface area contributed by atoms with Gasteiger partial charge in [0.25, 0.3) is 0 Å². The normalized spacial score (nSPS) is 37.6. The molecule has 0 bridgehead atoms. The Kier molecular flexibility index (Phi) is 4.83. The highest BCUT2D eigenvalue weighted by atomic mass is 32.2. The first-order valence-electron chi connectivity index (χ1n) is 6.85. The van der Waals surface area contributed by atoms with Crippen molar-refractivity contribution in [1.29, 1.82) is 0 Å². The van der Waals surface area contributed by atoms with Crippen LogP contribution < -0.4 is 5.73 Å². The van der Waals surface area contributed by atoms with Gasteiger partial charge in [-0.2, -0.15) is 11.8 Å². The monoisotopic (exact) mass is 308 g/mol. The van der Waals surface area contributed by atoms with Crippen LogP contribution in [0.1, 0.15) is 20.3 Å². The van der Waals surface area contributed by atoms with Gasteiger partial charge in [-0.1, -0.05) is 6.92 Å². The maximum absolute atomic E-state index is 12.3. The lowest BCUT2D eigenvalue weighted by atomic mass is 9.89. The third-order valence-corrected chi connectivity index (χ3v) is 7.78. The molecule has 0 aliphatic carbocycles. The fourth-order valence-corrected chi connectivity index (χ4v) is 6.19. The highest BCUT2D eigenvalue weighted by Crippen LogP contribution is 2.37. The molecule has 19 heavy (non-hydrogen) atoms. The summed E-state index contributed by atoms with van der Waals surface area (Å²) in [4.78, 5) is 2.12. The predicted molar refractivity (Wildman–Crippen MR) is 79.1 cm³/mol. The molecule has 0 aromatic carbocycles. The molecule has 2 aliphatic heterocycles. The summed E-state index contributed by atoms with van der Waals surface area (Å²) in [7, 11) is -3.09. The highest BCUT2D eigenvalue weighted by molar-refractivity contribution is 8.01.